The van der Waals surface area contributed by atoms with Gasteiger partial charge in [-0.3, -0.25) is 0 Å². The Morgan fingerprint density at radius 3 is 1.90 bits per heavy atom. The summed E-state index contributed by atoms with van der Waals surface area (Å²) in [6, 6.07) is 0. The monoisotopic (exact) mass is 279 g/mol. The molecule has 1 rings (SSSR count). The molecule has 0 saturated carbocycles. The average Bonchev–Trinajstić information content (AvgIpc) is 2.38. The highest BCUT2D eigenvalue weighted by Gasteiger charge is 2.12. The Balaban J connectivity index is 2.76. The third-order valence-electron chi connectivity index (χ3n) is 3.12. The predicted octanol–water partition coefficient (Wildman–Crippen LogP) is 3.07. The number of anilines is 1. The molecule has 0 aliphatic rings. The highest BCUT2D eigenvalue weighted by Crippen LogP contribution is 2.13. The Morgan fingerprint density at radius 1 is 1.10 bits per heavy atom. The predicted molar refractivity (Wildman–Crippen MR) is 80.1 cm³/mol. The van der Waals surface area contributed by atoms with Crippen molar-refractivity contribution < 1.29 is 9.90 Å². The van der Waals surface area contributed by atoms with Gasteiger partial charge in [-0.15, -0.1) is 0 Å². The van der Waals surface area contributed by atoms with Crippen LogP contribution in [0.1, 0.15) is 50.9 Å². The molecule has 0 aliphatic heterocycles. The van der Waals surface area contributed by atoms with E-state index in [4.69, 9.17) is 5.11 Å². The van der Waals surface area contributed by atoms with Gasteiger partial charge in [0.15, 0.2) is 0 Å². The topological polar surface area (TPSA) is 66.3 Å². The van der Waals surface area contributed by atoms with E-state index in [0.29, 0.717) is 17.8 Å². The lowest BCUT2D eigenvalue weighted by molar-refractivity contribution is 0.0696. The maximum absolute atomic E-state index is 10.8. The van der Waals surface area contributed by atoms with Gasteiger partial charge in [0.1, 0.15) is 0 Å². The number of rotatable bonds is 8. The van der Waals surface area contributed by atoms with Gasteiger partial charge in [0.2, 0.25) is 5.95 Å². The van der Waals surface area contributed by atoms with Crippen LogP contribution in [0.15, 0.2) is 12.4 Å². The Labute approximate surface area is 121 Å². The molecule has 1 aromatic rings. The Hall–Kier alpha value is -1.65. The van der Waals surface area contributed by atoms with Crippen LogP contribution in [-0.4, -0.2) is 34.1 Å². The molecule has 112 valence electrons. The SMILES string of the molecule is CC(C)CCN(CCC(C)C)c1ncc(C(=O)O)cn1. The van der Waals surface area contributed by atoms with Crippen molar-refractivity contribution in [2.45, 2.75) is 40.5 Å². The van der Waals surface area contributed by atoms with Gasteiger partial charge in [-0.1, -0.05) is 27.7 Å². The molecule has 0 radical (unpaired) electrons. The van der Waals surface area contributed by atoms with Crippen molar-refractivity contribution in [1.29, 1.82) is 0 Å². The van der Waals surface area contributed by atoms with Crippen LogP contribution in [0.5, 0.6) is 0 Å². The molecule has 0 unspecified atom stereocenters. The summed E-state index contributed by atoms with van der Waals surface area (Å²) in [6.07, 6.45) is 4.90. The lowest BCUT2D eigenvalue weighted by Gasteiger charge is -2.24. The van der Waals surface area contributed by atoms with E-state index in [1.54, 1.807) is 0 Å². The molecule has 20 heavy (non-hydrogen) atoms. The van der Waals surface area contributed by atoms with E-state index in [1.807, 2.05) is 0 Å². The molecular formula is C15H25N3O2. The fourth-order valence-electron chi connectivity index (χ4n) is 1.73. The zero-order chi connectivity index (χ0) is 15.1. The minimum absolute atomic E-state index is 0.126. The highest BCUT2D eigenvalue weighted by molar-refractivity contribution is 5.86. The summed E-state index contributed by atoms with van der Waals surface area (Å²) in [7, 11) is 0. The van der Waals surface area contributed by atoms with E-state index in [1.165, 1.54) is 12.4 Å². The quantitative estimate of drug-likeness (QED) is 0.792. The first-order valence-electron chi connectivity index (χ1n) is 7.20. The van der Waals surface area contributed by atoms with Crippen molar-refractivity contribution in [2.75, 3.05) is 18.0 Å². The minimum Gasteiger partial charge on any atom is -0.478 e. The summed E-state index contributed by atoms with van der Waals surface area (Å²) >= 11 is 0. The zero-order valence-electron chi connectivity index (χ0n) is 12.8. The summed E-state index contributed by atoms with van der Waals surface area (Å²) in [5.74, 6) is 0.869. The van der Waals surface area contributed by atoms with Crippen LogP contribution in [0.25, 0.3) is 0 Å². The van der Waals surface area contributed by atoms with Crippen LogP contribution in [0.4, 0.5) is 5.95 Å². The van der Waals surface area contributed by atoms with Crippen molar-refractivity contribution >= 4 is 11.9 Å². The van der Waals surface area contributed by atoms with Crippen LogP contribution in [0.2, 0.25) is 0 Å². The van der Waals surface area contributed by atoms with Crippen molar-refractivity contribution in [1.82, 2.24) is 9.97 Å². The van der Waals surface area contributed by atoms with Crippen LogP contribution in [0.3, 0.4) is 0 Å². The number of carboxylic acids is 1. The van der Waals surface area contributed by atoms with Crippen molar-refractivity contribution in [3.8, 4) is 0 Å². The molecule has 0 fully saturated rings. The fourth-order valence-corrected chi connectivity index (χ4v) is 1.73. The summed E-state index contributed by atoms with van der Waals surface area (Å²) < 4.78 is 0. The minimum atomic E-state index is -0.993. The standard InChI is InChI=1S/C15H25N3O2/c1-11(2)5-7-18(8-6-12(3)4)15-16-9-13(10-17-15)14(19)20/h9-12H,5-8H2,1-4H3,(H,19,20). The normalized spacial score (nSPS) is 11.1. The molecule has 0 saturated heterocycles. The molecule has 0 amide bonds. The highest BCUT2D eigenvalue weighted by atomic mass is 16.4. The van der Waals surface area contributed by atoms with Gasteiger partial charge in [0.25, 0.3) is 0 Å². The number of carbonyl (C=O) groups is 1. The molecule has 0 atom stereocenters. The number of nitrogens with zero attached hydrogens (tertiary/aromatic N) is 3. The molecule has 5 nitrogen and oxygen atoms in total. The van der Waals surface area contributed by atoms with Crippen LogP contribution < -0.4 is 4.90 Å². The van der Waals surface area contributed by atoms with Gasteiger partial charge < -0.3 is 10.0 Å². The lowest BCUT2D eigenvalue weighted by atomic mass is 10.1. The van der Waals surface area contributed by atoms with Gasteiger partial charge in [-0.05, 0) is 24.7 Å². The third-order valence-corrected chi connectivity index (χ3v) is 3.12. The fraction of sp³-hybridized carbons (Fsp3) is 0.667. The molecule has 1 aromatic heterocycles. The van der Waals surface area contributed by atoms with Gasteiger partial charge in [0.05, 0.1) is 5.56 Å². The van der Waals surface area contributed by atoms with Gasteiger partial charge in [-0.25, -0.2) is 14.8 Å². The van der Waals surface area contributed by atoms with E-state index in [9.17, 15) is 4.79 Å². The molecule has 5 heteroatoms. The third kappa shape index (κ3) is 5.55. The maximum Gasteiger partial charge on any atom is 0.338 e. The van der Waals surface area contributed by atoms with Crippen molar-refractivity contribution in [3.63, 3.8) is 0 Å². The first-order valence-corrected chi connectivity index (χ1v) is 7.20. The second kappa shape index (κ2) is 7.82. The number of hydrogen-bond acceptors (Lipinski definition) is 4. The average molecular weight is 279 g/mol. The molecule has 1 N–H and O–H groups in total. The molecule has 0 aliphatic carbocycles. The second-order valence-electron chi connectivity index (χ2n) is 5.93. The first-order chi connectivity index (χ1) is 9.40. The van der Waals surface area contributed by atoms with Crippen LogP contribution in [0, 0.1) is 11.8 Å². The van der Waals surface area contributed by atoms with E-state index in [0.717, 1.165) is 25.9 Å². The number of aromatic nitrogens is 2. The smallest absolute Gasteiger partial charge is 0.338 e. The zero-order valence-corrected chi connectivity index (χ0v) is 12.8. The first kappa shape index (κ1) is 16.4. The van der Waals surface area contributed by atoms with E-state index in [-0.39, 0.29) is 5.56 Å². The number of hydrogen-bond donors (Lipinski definition) is 1. The number of carboxylic acid groups (broad SMARTS) is 1. The summed E-state index contributed by atoms with van der Waals surface area (Å²) in [4.78, 5) is 21.3. The van der Waals surface area contributed by atoms with E-state index < -0.39 is 5.97 Å². The Morgan fingerprint density at radius 2 is 1.55 bits per heavy atom. The molecule has 0 aromatic carbocycles. The summed E-state index contributed by atoms with van der Waals surface area (Å²) in [5.41, 5.74) is 0.126. The Kier molecular flexibility index (Phi) is 6.42. The maximum atomic E-state index is 10.8. The summed E-state index contributed by atoms with van der Waals surface area (Å²) in [6.45, 7) is 10.6. The number of aromatic carboxylic acids is 1. The van der Waals surface area contributed by atoms with Crippen LogP contribution in [-0.2, 0) is 0 Å². The molecule has 1 heterocycles. The Bertz CT molecular complexity index is 404. The molecule has 0 bridgehead atoms. The largest absolute Gasteiger partial charge is 0.478 e. The van der Waals surface area contributed by atoms with E-state index >= 15 is 0 Å². The van der Waals surface area contributed by atoms with Gasteiger partial charge in [0, 0.05) is 25.5 Å². The molecular weight excluding hydrogens is 254 g/mol. The van der Waals surface area contributed by atoms with Crippen molar-refractivity contribution in [2.24, 2.45) is 11.8 Å². The second-order valence-corrected chi connectivity index (χ2v) is 5.93. The van der Waals surface area contributed by atoms with Crippen LogP contribution >= 0.6 is 0 Å². The summed E-state index contributed by atoms with van der Waals surface area (Å²) in [5, 5.41) is 8.87. The van der Waals surface area contributed by atoms with E-state index in [2.05, 4.69) is 42.6 Å². The molecule has 0 spiro atoms. The van der Waals surface area contributed by atoms with Crippen molar-refractivity contribution in [3.05, 3.63) is 18.0 Å². The van der Waals surface area contributed by atoms with Gasteiger partial charge >= 0.3 is 5.97 Å². The van der Waals surface area contributed by atoms with Gasteiger partial charge in [-0.2, -0.15) is 0 Å². The lowest BCUT2D eigenvalue weighted by Crippen LogP contribution is -2.29.